The van der Waals surface area contributed by atoms with Crippen molar-refractivity contribution in [3.8, 4) is 11.3 Å². The highest BCUT2D eigenvalue weighted by Crippen LogP contribution is 2.39. The predicted octanol–water partition coefficient (Wildman–Crippen LogP) is 4.06. The first-order valence-electron chi connectivity index (χ1n) is 8.30. The third-order valence-electron chi connectivity index (χ3n) is 4.60. The zero-order chi connectivity index (χ0) is 17.4. The van der Waals surface area contributed by atoms with Crippen molar-refractivity contribution in [2.24, 2.45) is 0 Å². The lowest BCUT2D eigenvalue weighted by molar-refractivity contribution is -0.116. The van der Waals surface area contributed by atoms with E-state index in [9.17, 15) is 9.59 Å². The standard InChI is InChI=1S/C20H17ClN2O2/c21-9-3-6-18(24)22-13-8-7-12-10-17-14-4-1-2-5-15(14)20(25)23-19(17)16(12)11-13/h1-2,4-5,7-8,11H,3,6,9-10H2,(H,22,24)(H,23,25). The number of amides is 1. The number of carbonyl (C=O) groups excluding carboxylic acids is 1. The molecule has 1 amide bonds. The van der Waals surface area contributed by atoms with Crippen LogP contribution in [0.2, 0.25) is 0 Å². The molecule has 4 nitrogen and oxygen atoms in total. The molecule has 0 atom stereocenters. The Kier molecular flexibility index (Phi) is 4.06. The van der Waals surface area contributed by atoms with Gasteiger partial charge in [-0.15, -0.1) is 11.6 Å². The van der Waals surface area contributed by atoms with E-state index in [1.165, 1.54) is 0 Å². The van der Waals surface area contributed by atoms with Crippen LogP contribution in [0, 0.1) is 0 Å². The molecular weight excluding hydrogens is 336 g/mol. The smallest absolute Gasteiger partial charge is 0.256 e. The minimum atomic E-state index is -0.0845. The molecule has 25 heavy (non-hydrogen) atoms. The van der Waals surface area contributed by atoms with Gasteiger partial charge in [0.05, 0.1) is 5.69 Å². The summed E-state index contributed by atoms with van der Waals surface area (Å²) in [7, 11) is 0. The Bertz CT molecular complexity index is 1040. The summed E-state index contributed by atoms with van der Waals surface area (Å²) in [6.45, 7) is 0. The molecule has 0 saturated carbocycles. The summed E-state index contributed by atoms with van der Waals surface area (Å²) in [4.78, 5) is 27.3. The Labute approximate surface area is 149 Å². The molecule has 5 heteroatoms. The van der Waals surface area contributed by atoms with Gasteiger partial charge >= 0.3 is 0 Å². The molecule has 1 aromatic heterocycles. The molecule has 1 aliphatic carbocycles. The first-order chi connectivity index (χ1) is 12.2. The van der Waals surface area contributed by atoms with Crippen molar-refractivity contribution in [3.05, 3.63) is 63.9 Å². The number of aromatic nitrogens is 1. The second-order valence-electron chi connectivity index (χ2n) is 6.24. The lowest BCUT2D eigenvalue weighted by Crippen LogP contribution is -2.11. The van der Waals surface area contributed by atoms with Crippen LogP contribution in [0.5, 0.6) is 0 Å². The number of pyridine rings is 1. The Morgan fingerprint density at radius 3 is 2.76 bits per heavy atom. The van der Waals surface area contributed by atoms with Gasteiger partial charge < -0.3 is 10.3 Å². The molecule has 0 fully saturated rings. The van der Waals surface area contributed by atoms with E-state index in [2.05, 4.69) is 10.3 Å². The Balaban J connectivity index is 1.75. The fraction of sp³-hybridized carbons (Fsp3) is 0.200. The minimum absolute atomic E-state index is 0.0502. The second kappa shape index (κ2) is 6.37. The van der Waals surface area contributed by atoms with Gasteiger partial charge in [0.1, 0.15) is 0 Å². The van der Waals surface area contributed by atoms with Crippen LogP contribution in [0.4, 0.5) is 5.69 Å². The van der Waals surface area contributed by atoms with E-state index >= 15 is 0 Å². The van der Waals surface area contributed by atoms with Gasteiger partial charge in [-0.1, -0.05) is 24.3 Å². The molecule has 126 valence electrons. The molecule has 0 bridgehead atoms. The van der Waals surface area contributed by atoms with Crippen LogP contribution in [0.15, 0.2) is 47.3 Å². The van der Waals surface area contributed by atoms with Crippen LogP contribution in [0.25, 0.3) is 22.0 Å². The lowest BCUT2D eigenvalue weighted by atomic mass is 10.0. The number of aromatic amines is 1. The number of fused-ring (bicyclic) bond motifs is 5. The number of alkyl halides is 1. The third kappa shape index (κ3) is 2.83. The van der Waals surface area contributed by atoms with Crippen LogP contribution >= 0.6 is 11.6 Å². The first-order valence-corrected chi connectivity index (χ1v) is 8.84. The van der Waals surface area contributed by atoms with Crippen molar-refractivity contribution in [1.82, 2.24) is 4.98 Å². The van der Waals surface area contributed by atoms with Gasteiger partial charge in [0.15, 0.2) is 0 Å². The van der Waals surface area contributed by atoms with Crippen molar-refractivity contribution in [1.29, 1.82) is 0 Å². The van der Waals surface area contributed by atoms with Crippen molar-refractivity contribution >= 4 is 34.0 Å². The number of benzene rings is 2. The molecule has 2 N–H and O–H groups in total. The maximum Gasteiger partial charge on any atom is 0.256 e. The number of halogens is 1. The molecule has 1 aliphatic rings. The van der Waals surface area contributed by atoms with Gasteiger partial charge in [-0.25, -0.2) is 0 Å². The summed E-state index contributed by atoms with van der Waals surface area (Å²) >= 11 is 5.63. The average molecular weight is 353 g/mol. The Morgan fingerprint density at radius 2 is 1.96 bits per heavy atom. The van der Waals surface area contributed by atoms with Gasteiger partial charge in [-0.3, -0.25) is 9.59 Å². The van der Waals surface area contributed by atoms with E-state index in [0.29, 0.717) is 24.1 Å². The molecule has 0 spiro atoms. The minimum Gasteiger partial charge on any atom is -0.326 e. The summed E-state index contributed by atoms with van der Waals surface area (Å²) in [5.74, 6) is 0.421. The fourth-order valence-electron chi connectivity index (χ4n) is 3.43. The van der Waals surface area contributed by atoms with E-state index in [-0.39, 0.29) is 11.5 Å². The normalized spacial score (nSPS) is 12.0. The van der Waals surface area contributed by atoms with Gasteiger partial charge in [0.25, 0.3) is 5.56 Å². The predicted molar refractivity (Wildman–Crippen MR) is 101 cm³/mol. The zero-order valence-corrected chi connectivity index (χ0v) is 14.3. The molecule has 2 aromatic carbocycles. The average Bonchev–Trinajstić information content (AvgIpc) is 2.98. The van der Waals surface area contributed by atoms with Crippen LogP contribution in [0.1, 0.15) is 24.0 Å². The highest BCUT2D eigenvalue weighted by atomic mass is 35.5. The number of nitrogens with one attached hydrogen (secondary N) is 2. The zero-order valence-electron chi connectivity index (χ0n) is 13.6. The van der Waals surface area contributed by atoms with Gasteiger partial charge in [-0.05, 0) is 41.1 Å². The van der Waals surface area contributed by atoms with Crippen LogP contribution < -0.4 is 10.9 Å². The molecule has 0 radical (unpaired) electrons. The van der Waals surface area contributed by atoms with Crippen molar-refractivity contribution in [2.75, 3.05) is 11.2 Å². The summed E-state index contributed by atoms with van der Waals surface area (Å²) in [6.07, 6.45) is 1.83. The number of anilines is 1. The maximum absolute atomic E-state index is 12.4. The van der Waals surface area contributed by atoms with Crippen LogP contribution in [0.3, 0.4) is 0 Å². The molecule has 0 unspecified atom stereocenters. The lowest BCUT2D eigenvalue weighted by Gasteiger charge is -2.08. The van der Waals surface area contributed by atoms with Crippen LogP contribution in [-0.2, 0) is 11.2 Å². The van der Waals surface area contributed by atoms with Crippen molar-refractivity contribution in [3.63, 3.8) is 0 Å². The largest absolute Gasteiger partial charge is 0.326 e. The Morgan fingerprint density at radius 1 is 1.16 bits per heavy atom. The molecule has 0 saturated heterocycles. The van der Waals surface area contributed by atoms with E-state index in [1.807, 2.05) is 42.5 Å². The molecule has 4 rings (SSSR count). The molecular formula is C20H17ClN2O2. The summed E-state index contributed by atoms with van der Waals surface area (Å²) in [6, 6.07) is 13.5. The van der Waals surface area contributed by atoms with Crippen LogP contribution in [-0.4, -0.2) is 16.8 Å². The Hall–Kier alpha value is -2.59. The topological polar surface area (TPSA) is 62.0 Å². The van der Waals surface area contributed by atoms with Gasteiger partial charge in [0, 0.05) is 35.4 Å². The quantitative estimate of drug-likeness (QED) is 0.544. The molecule has 0 aliphatic heterocycles. The number of carbonyl (C=O) groups is 1. The summed E-state index contributed by atoms with van der Waals surface area (Å²) in [5.41, 5.74) is 4.78. The summed E-state index contributed by atoms with van der Waals surface area (Å²) in [5, 5.41) is 4.60. The van der Waals surface area contributed by atoms with Crippen molar-refractivity contribution < 1.29 is 4.79 Å². The molecule has 1 heterocycles. The SMILES string of the molecule is O=C(CCCCl)Nc1ccc2c(c1)-c1[nH]c(=O)c3ccccc3c1C2. The first kappa shape index (κ1) is 15.9. The van der Waals surface area contributed by atoms with Gasteiger partial charge in [-0.2, -0.15) is 0 Å². The fourth-order valence-corrected chi connectivity index (χ4v) is 3.56. The van der Waals surface area contributed by atoms with Gasteiger partial charge in [0.2, 0.25) is 5.91 Å². The highest BCUT2D eigenvalue weighted by molar-refractivity contribution is 6.18. The monoisotopic (exact) mass is 352 g/mol. The summed E-state index contributed by atoms with van der Waals surface area (Å²) < 4.78 is 0. The molecule has 3 aromatic rings. The number of hydrogen-bond acceptors (Lipinski definition) is 2. The van der Waals surface area contributed by atoms with E-state index in [0.717, 1.165) is 39.9 Å². The van der Waals surface area contributed by atoms with E-state index in [4.69, 9.17) is 11.6 Å². The third-order valence-corrected chi connectivity index (χ3v) is 4.87. The number of H-pyrrole nitrogens is 1. The maximum atomic E-state index is 12.4. The number of hydrogen-bond donors (Lipinski definition) is 2. The number of rotatable bonds is 4. The van der Waals surface area contributed by atoms with Crippen molar-refractivity contribution in [2.45, 2.75) is 19.3 Å². The highest BCUT2D eigenvalue weighted by Gasteiger charge is 2.23. The second-order valence-corrected chi connectivity index (χ2v) is 6.62. The van der Waals surface area contributed by atoms with E-state index in [1.54, 1.807) is 0 Å². The van der Waals surface area contributed by atoms with E-state index < -0.39 is 0 Å².